The van der Waals surface area contributed by atoms with Crippen LogP contribution in [0.3, 0.4) is 0 Å². The van der Waals surface area contributed by atoms with Crippen LogP contribution in [0.1, 0.15) is 46.5 Å². The van der Waals surface area contributed by atoms with Crippen molar-refractivity contribution in [2.24, 2.45) is 5.41 Å². The number of ether oxygens (including phenoxy) is 1. The van der Waals surface area contributed by atoms with Crippen molar-refractivity contribution in [2.75, 3.05) is 6.61 Å². The third-order valence-electron chi connectivity index (χ3n) is 5.04. The van der Waals surface area contributed by atoms with Gasteiger partial charge in [0.1, 0.15) is 0 Å². The zero-order chi connectivity index (χ0) is 15.0. The topological polar surface area (TPSA) is 87.7 Å². The molecule has 2 aliphatic rings. The van der Waals surface area contributed by atoms with Gasteiger partial charge >= 0.3 is 12.0 Å². The molecule has 4 unspecified atom stereocenters. The number of hydrogen-bond donors (Lipinski definition) is 3. The van der Waals surface area contributed by atoms with E-state index in [2.05, 4.69) is 10.6 Å². The highest BCUT2D eigenvalue weighted by atomic mass is 16.5. The monoisotopic (exact) mass is 284 g/mol. The number of carboxylic acids is 1. The fourth-order valence-corrected chi connectivity index (χ4v) is 3.11. The Kier molecular flexibility index (Phi) is 3.95. The molecule has 1 saturated carbocycles. The average molecular weight is 284 g/mol. The number of urea groups is 1. The molecule has 2 rings (SSSR count). The Morgan fingerprint density at radius 3 is 2.55 bits per heavy atom. The predicted molar refractivity (Wildman–Crippen MR) is 73.5 cm³/mol. The highest BCUT2D eigenvalue weighted by molar-refractivity contribution is 5.79. The quantitative estimate of drug-likeness (QED) is 0.733. The molecule has 1 saturated heterocycles. The van der Waals surface area contributed by atoms with E-state index in [0.29, 0.717) is 19.4 Å². The van der Waals surface area contributed by atoms with E-state index in [0.717, 1.165) is 12.8 Å². The van der Waals surface area contributed by atoms with E-state index >= 15 is 0 Å². The Balaban J connectivity index is 1.96. The van der Waals surface area contributed by atoms with Crippen molar-refractivity contribution in [3.05, 3.63) is 0 Å². The van der Waals surface area contributed by atoms with Crippen LogP contribution in [-0.4, -0.2) is 41.4 Å². The number of carboxylic acid groups (broad SMARTS) is 1. The molecule has 6 nitrogen and oxygen atoms in total. The van der Waals surface area contributed by atoms with E-state index in [1.807, 2.05) is 13.8 Å². The van der Waals surface area contributed by atoms with Crippen LogP contribution in [0.5, 0.6) is 0 Å². The van der Waals surface area contributed by atoms with E-state index in [1.165, 1.54) is 0 Å². The Morgan fingerprint density at radius 1 is 1.30 bits per heavy atom. The summed E-state index contributed by atoms with van der Waals surface area (Å²) in [6, 6.07) is -0.620. The van der Waals surface area contributed by atoms with Crippen molar-refractivity contribution in [1.29, 1.82) is 0 Å². The second-order valence-corrected chi connectivity index (χ2v) is 6.45. The average Bonchev–Trinajstić information content (AvgIpc) is 2.86. The zero-order valence-electron chi connectivity index (χ0n) is 12.4. The summed E-state index contributed by atoms with van der Waals surface area (Å²) in [6.07, 6.45) is 2.86. The number of carbonyl (C=O) groups is 2. The second-order valence-electron chi connectivity index (χ2n) is 6.45. The molecule has 0 radical (unpaired) electrons. The first kappa shape index (κ1) is 15.1. The number of aliphatic carboxylic acids is 1. The molecule has 0 aromatic rings. The van der Waals surface area contributed by atoms with Gasteiger partial charge in [0.2, 0.25) is 0 Å². The van der Waals surface area contributed by atoms with Crippen molar-refractivity contribution in [3.63, 3.8) is 0 Å². The lowest BCUT2D eigenvalue weighted by molar-refractivity contribution is -0.148. The fraction of sp³-hybridized carbons (Fsp3) is 0.857. The maximum absolute atomic E-state index is 12.1. The Bertz CT molecular complexity index is 414. The number of hydrogen-bond acceptors (Lipinski definition) is 3. The van der Waals surface area contributed by atoms with E-state index in [4.69, 9.17) is 4.74 Å². The molecule has 0 spiro atoms. The number of nitrogens with one attached hydrogen (secondary N) is 2. The Labute approximate surface area is 119 Å². The highest BCUT2D eigenvalue weighted by Gasteiger charge is 2.46. The summed E-state index contributed by atoms with van der Waals surface area (Å²) in [5, 5.41) is 15.1. The van der Waals surface area contributed by atoms with Crippen LogP contribution in [0, 0.1) is 5.41 Å². The number of carbonyl (C=O) groups excluding carboxylic acids is 1. The lowest BCUT2D eigenvalue weighted by atomic mass is 9.85. The lowest BCUT2D eigenvalue weighted by Gasteiger charge is -2.32. The molecule has 1 heterocycles. The highest BCUT2D eigenvalue weighted by Crippen LogP contribution is 2.38. The molecule has 0 aromatic carbocycles. The van der Waals surface area contributed by atoms with Crippen molar-refractivity contribution >= 4 is 12.0 Å². The molecular formula is C14H24N2O4. The third kappa shape index (κ3) is 2.61. The molecule has 20 heavy (non-hydrogen) atoms. The summed E-state index contributed by atoms with van der Waals surface area (Å²) in [5.74, 6) is -0.843. The smallest absolute Gasteiger partial charge is 0.315 e. The number of amides is 2. The predicted octanol–water partition coefficient (Wildman–Crippen LogP) is 1.50. The van der Waals surface area contributed by atoms with Gasteiger partial charge in [0, 0.05) is 12.6 Å². The Morgan fingerprint density at radius 2 is 2.00 bits per heavy atom. The molecule has 4 atom stereocenters. The van der Waals surface area contributed by atoms with Crippen LogP contribution in [-0.2, 0) is 9.53 Å². The molecule has 2 amide bonds. The maximum Gasteiger partial charge on any atom is 0.315 e. The van der Waals surface area contributed by atoms with Gasteiger partial charge in [-0.05, 0) is 40.0 Å². The van der Waals surface area contributed by atoms with Crippen LogP contribution in [0.2, 0.25) is 0 Å². The summed E-state index contributed by atoms with van der Waals surface area (Å²) in [5.41, 5.74) is -1.25. The molecule has 0 aromatic heterocycles. The minimum atomic E-state index is -0.865. The van der Waals surface area contributed by atoms with Gasteiger partial charge in [-0.3, -0.25) is 4.79 Å². The first-order chi connectivity index (χ1) is 9.28. The van der Waals surface area contributed by atoms with Gasteiger partial charge in [0.15, 0.2) is 0 Å². The third-order valence-corrected chi connectivity index (χ3v) is 5.04. The molecule has 2 fully saturated rings. The van der Waals surface area contributed by atoms with Gasteiger partial charge in [0.05, 0.1) is 17.1 Å². The SMILES string of the molecule is CC1OCCC1(C)NC(=O)NC1CCCC1(C)C(=O)O. The van der Waals surface area contributed by atoms with Gasteiger partial charge in [0.25, 0.3) is 0 Å². The largest absolute Gasteiger partial charge is 0.481 e. The summed E-state index contributed by atoms with van der Waals surface area (Å²) < 4.78 is 5.48. The van der Waals surface area contributed by atoms with E-state index in [1.54, 1.807) is 6.92 Å². The second kappa shape index (κ2) is 5.24. The molecule has 3 N–H and O–H groups in total. The van der Waals surface area contributed by atoms with Crippen molar-refractivity contribution in [1.82, 2.24) is 10.6 Å². The summed E-state index contributed by atoms with van der Waals surface area (Å²) in [6.45, 7) is 6.23. The van der Waals surface area contributed by atoms with E-state index in [-0.39, 0.29) is 23.7 Å². The van der Waals surface area contributed by atoms with E-state index in [9.17, 15) is 14.7 Å². The van der Waals surface area contributed by atoms with Crippen molar-refractivity contribution in [2.45, 2.75) is 64.1 Å². The minimum absolute atomic E-state index is 0.0392. The van der Waals surface area contributed by atoms with Crippen LogP contribution in [0.15, 0.2) is 0 Å². The summed E-state index contributed by atoms with van der Waals surface area (Å²) in [4.78, 5) is 23.5. The van der Waals surface area contributed by atoms with Crippen LogP contribution >= 0.6 is 0 Å². The van der Waals surface area contributed by atoms with Gasteiger partial charge < -0.3 is 20.5 Å². The zero-order valence-corrected chi connectivity index (χ0v) is 12.4. The normalized spacial score (nSPS) is 40.5. The Hall–Kier alpha value is -1.30. The van der Waals surface area contributed by atoms with Gasteiger partial charge in [-0.15, -0.1) is 0 Å². The first-order valence-corrected chi connectivity index (χ1v) is 7.21. The van der Waals surface area contributed by atoms with Crippen LogP contribution in [0.4, 0.5) is 4.79 Å². The lowest BCUT2D eigenvalue weighted by Crippen LogP contribution is -2.57. The summed E-state index contributed by atoms with van der Waals surface area (Å²) >= 11 is 0. The maximum atomic E-state index is 12.1. The molecule has 0 bridgehead atoms. The van der Waals surface area contributed by atoms with Crippen LogP contribution in [0.25, 0.3) is 0 Å². The molecule has 1 aliphatic heterocycles. The van der Waals surface area contributed by atoms with Crippen LogP contribution < -0.4 is 10.6 Å². The molecule has 6 heteroatoms. The molecule has 114 valence electrons. The van der Waals surface area contributed by atoms with E-state index < -0.39 is 11.4 Å². The molecule has 1 aliphatic carbocycles. The fourth-order valence-electron chi connectivity index (χ4n) is 3.11. The minimum Gasteiger partial charge on any atom is -0.481 e. The standard InChI is InChI=1S/C14H24N2O4/c1-9-14(3,7-8-20-9)16-12(19)15-10-5-4-6-13(10,2)11(17)18/h9-10H,4-8H2,1-3H3,(H,17,18)(H2,15,16,19). The van der Waals surface area contributed by atoms with Gasteiger partial charge in [-0.25, -0.2) is 4.79 Å². The van der Waals surface area contributed by atoms with Gasteiger partial charge in [-0.1, -0.05) is 6.42 Å². The van der Waals surface area contributed by atoms with Gasteiger partial charge in [-0.2, -0.15) is 0 Å². The van der Waals surface area contributed by atoms with Crippen molar-refractivity contribution < 1.29 is 19.4 Å². The number of rotatable bonds is 3. The summed E-state index contributed by atoms with van der Waals surface area (Å²) in [7, 11) is 0. The molecular weight excluding hydrogens is 260 g/mol. The first-order valence-electron chi connectivity index (χ1n) is 7.21. The van der Waals surface area contributed by atoms with Crippen molar-refractivity contribution in [3.8, 4) is 0 Å².